The van der Waals surface area contributed by atoms with Gasteiger partial charge >= 0.3 is 0 Å². The van der Waals surface area contributed by atoms with Crippen LogP contribution >= 0.6 is 0 Å². The van der Waals surface area contributed by atoms with Crippen LogP contribution in [-0.4, -0.2) is 58.7 Å². The second-order valence-corrected chi connectivity index (χ2v) is 10.5. The summed E-state index contributed by atoms with van der Waals surface area (Å²) in [6, 6.07) is 18.7. The number of hydrogen-bond donors (Lipinski definition) is 0. The maximum Gasteiger partial charge on any atom is 0.0840 e. The molecule has 0 bridgehead atoms. The molecule has 0 radical (unpaired) electrons. The van der Waals surface area contributed by atoms with Crippen molar-refractivity contribution in [2.75, 3.05) is 37.7 Å². The van der Waals surface area contributed by atoms with Crippen molar-refractivity contribution in [1.82, 2.24) is 19.9 Å². The lowest BCUT2D eigenvalue weighted by atomic mass is 9.94. The number of ether oxygens (including phenoxy) is 1. The Hall–Kier alpha value is -3.22. The molecule has 1 fully saturated rings. The van der Waals surface area contributed by atoms with Crippen molar-refractivity contribution < 1.29 is 4.74 Å². The van der Waals surface area contributed by atoms with E-state index >= 15 is 0 Å². The van der Waals surface area contributed by atoms with Gasteiger partial charge in [-0.15, -0.1) is 5.10 Å². The third-order valence-corrected chi connectivity index (χ3v) is 8.49. The summed E-state index contributed by atoms with van der Waals surface area (Å²) in [5.74, 6) is 0. The molecular formula is C30H33N5O. The van der Waals surface area contributed by atoms with Gasteiger partial charge in [0.25, 0.3) is 0 Å². The zero-order valence-electron chi connectivity index (χ0n) is 20.9. The molecule has 3 heterocycles. The van der Waals surface area contributed by atoms with Gasteiger partial charge in [-0.05, 0) is 78.4 Å². The summed E-state index contributed by atoms with van der Waals surface area (Å²) in [5, 5.41) is 11.0. The van der Waals surface area contributed by atoms with Crippen LogP contribution < -0.4 is 4.90 Å². The molecule has 7 rings (SSSR count). The number of benzene rings is 3. The van der Waals surface area contributed by atoms with E-state index in [1.54, 1.807) is 6.20 Å². The Balaban J connectivity index is 1.03. The number of rotatable bonds is 5. The molecule has 36 heavy (non-hydrogen) atoms. The first-order chi connectivity index (χ1) is 17.7. The number of aromatic nitrogens is 3. The van der Waals surface area contributed by atoms with Gasteiger partial charge in [-0.2, -0.15) is 0 Å². The van der Waals surface area contributed by atoms with E-state index in [-0.39, 0.29) is 6.10 Å². The molecule has 0 amide bonds. The largest absolute Gasteiger partial charge is 0.373 e. The van der Waals surface area contributed by atoms with Crippen molar-refractivity contribution >= 4 is 16.5 Å². The SMILES string of the molecule is C[C@@H]1CN(c2ccc3c4c(cccc24)CC3)CCN1CC[C@@H]1OCCc2cc(-n3ccnn3)ccc21. The van der Waals surface area contributed by atoms with Crippen molar-refractivity contribution in [2.24, 2.45) is 0 Å². The Kier molecular flexibility index (Phi) is 5.51. The number of fused-ring (bicyclic) bond motifs is 1. The highest BCUT2D eigenvalue weighted by atomic mass is 16.5. The minimum Gasteiger partial charge on any atom is -0.373 e. The number of aryl methyl sites for hydroxylation is 2. The smallest absolute Gasteiger partial charge is 0.0840 e. The summed E-state index contributed by atoms with van der Waals surface area (Å²) in [6.45, 7) is 7.47. The Morgan fingerprint density at radius 3 is 2.75 bits per heavy atom. The van der Waals surface area contributed by atoms with Crippen molar-refractivity contribution in [3.05, 3.63) is 83.2 Å². The molecule has 6 heteroatoms. The van der Waals surface area contributed by atoms with E-state index in [9.17, 15) is 0 Å². The second kappa shape index (κ2) is 9.02. The predicted molar refractivity (Wildman–Crippen MR) is 143 cm³/mol. The molecule has 3 aromatic carbocycles. The average Bonchev–Trinajstić information content (AvgIpc) is 3.60. The average molecular weight is 480 g/mol. The van der Waals surface area contributed by atoms with E-state index in [1.165, 1.54) is 51.6 Å². The molecule has 1 aliphatic carbocycles. The maximum atomic E-state index is 6.26. The minimum atomic E-state index is 0.167. The van der Waals surface area contributed by atoms with Crippen LogP contribution in [0.15, 0.2) is 60.9 Å². The topological polar surface area (TPSA) is 46.4 Å². The van der Waals surface area contributed by atoms with Crippen LogP contribution in [0.5, 0.6) is 0 Å². The standard InChI is InChI=1S/C30H33N5O/c1-21-20-34(28-10-7-23-6-5-22-3-2-4-27(28)30(22)23)17-16-33(21)14-11-29-26-9-8-25(35-15-13-31-32-35)19-24(26)12-18-36-29/h2-4,7-10,13,15,19,21,29H,5-6,11-12,14,16-18,20H2,1H3/t21-,29+/m1/s1. The van der Waals surface area contributed by atoms with Crippen molar-refractivity contribution in [1.29, 1.82) is 0 Å². The van der Waals surface area contributed by atoms with Gasteiger partial charge in [0.15, 0.2) is 0 Å². The first-order valence-electron chi connectivity index (χ1n) is 13.4. The maximum absolute atomic E-state index is 6.26. The Bertz CT molecular complexity index is 1390. The van der Waals surface area contributed by atoms with Crippen LogP contribution in [0.2, 0.25) is 0 Å². The summed E-state index contributed by atoms with van der Waals surface area (Å²) < 4.78 is 8.08. The van der Waals surface area contributed by atoms with E-state index in [0.29, 0.717) is 6.04 Å². The third kappa shape index (κ3) is 3.80. The number of hydrogen-bond acceptors (Lipinski definition) is 5. The first kappa shape index (κ1) is 22.0. The first-order valence-corrected chi connectivity index (χ1v) is 13.4. The Labute approximate surface area is 212 Å². The fraction of sp³-hybridized carbons (Fsp3) is 0.400. The summed E-state index contributed by atoms with van der Waals surface area (Å²) in [7, 11) is 0. The Morgan fingerprint density at radius 1 is 0.972 bits per heavy atom. The third-order valence-electron chi connectivity index (χ3n) is 8.49. The van der Waals surface area contributed by atoms with Gasteiger partial charge in [0, 0.05) is 43.3 Å². The highest BCUT2D eigenvalue weighted by molar-refractivity contribution is 5.99. The van der Waals surface area contributed by atoms with Gasteiger partial charge in [-0.1, -0.05) is 35.5 Å². The predicted octanol–water partition coefficient (Wildman–Crippen LogP) is 4.73. The highest BCUT2D eigenvalue weighted by Gasteiger charge is 2.28. The van der Waals surface area contributed by atoms with Crippen LogP contribution in [-0.2, 0) is 24.0 Å². The van der Waals surface area contributed by atoms with E-state index < -0.39 is 0 Å². The van der Waals surface area contributed by atoms with Crippen molar-refractivity contribution in [3.63, 3.8) is 0 Å². The van der Waals surface area contributed by atoms with E-state index in [1.807, 2.05) is 10.9 Å². The van der Waals surface area contributed by atoms with Gasteiger partial charge in [-0.3, -0.25) is 4.90 Å². The molecule has 2 atom stereocenters. The summed E-state index contributed by atoms with van der Waals surface area (Å²) in [5.41, 5.74) is 8.25. The van der Waals surface area contributed by atoms with Crippen LogP contribution in [0.4, 0.5) is 5.69 Å². The molecule has 0 spiro atoms. The molecule has 3 aliphatic rings. The van der Waals surface area contributed by atoms with E-state index in [4.69, 9.17) is 4.74 Å². The molecule has 6 nitrogen and oxygen atoms in total. The molecule has 2 aliphatic heterocycles. The molecule has 4 aromatic rings. The normalized spacial score (nSPS) is 21.8. The number of anilines is 1. The quantitative estimate of drug-likeness (QED) is 0.414. The lowest BCUT2D eigenvalue weighted by molar-refractivity contribution is 0.0255. The summed E-state index contributed by atoms with van der Waals surface area (Å²) in [6.07, 6.45) is 8.14. The zero-order chi connectivity index (χ0) is 24.1. The van der Waals surface area contributed by atoms with Gasteiger partial charge in [0.1, 0.15) is 0 Å². The van der Waals surface area contributed by atoms with E-state index in [2.05, 4.69) is 75.6 Å². The van der Waals surface area contributed by atoms with Gasteiger partial charge in [-0.25, -0.2) is 4.68 Å². The molecule has 0 saturated carbocycles. The van der Waals surface area contributed by atoms with Crippen LogP contribution in [0.25, 0.3) is 16.5 Å². The fourth-order valence-electron chi connectivity index (χ4n) is 6.59. The molecule has 1 aromatic heterocycles. The Morgan fingerprint density at radius 2 is 1.89 bits per heavy atom. The molecule has 1 saturated heterocycles. The summed E-state index contributed by atoms with van der Waals surface area (Å²) in [4.78, 5) is 5.26. The van der Waals surface area contributed by atoms with Gasteiger partial charge in [0.05, 0.1) is 30.8 Å². The monoisotopic (exact) mass is 479 g/mol. The van der Waals surface area contributed by atoms with Crippen molar-refractivity contribution in [2.45, 2.75) is 44.8 Å². The molecular weight excluding hydrogens is 446 g/mol. The zero-order valence-corrected chi connectivity index (χ0v) is 20.9. The van der Waals surface area contributed by atoms with Gasteiger partial charge in [0.2, 0.25) is 0 Å². The van der Waals surface area contributed by atoms with Crippen LogP contribution in [0.3, 0.4) is 0 Å². The molecule has 184 valence electrons. The van der Waals surface area contributed by atoms with Crippen molar-refractivity contribution in [3.8, 4) is 5.69 Å². The second-order valence-electron chi connectivity index (χ2n) is 10.5. The van der Waals surface area contributed by atoms with Gasteiger partial charge < -0.3 is 9.64 Å². The number of piperazine rings is 1. The summed E-state index contributed by atoms with van der Waals surface area (Å²) >= 11 is 0. The number of nitrogens with zero attached hydrogens (tertiary/aromatic N) is 5. The molecule has 0 unspecified atom stereocenters. The van der Waals surface area contributed by atoms with Crippen LogP contribution in [0, 0.1) is 0 Å². The van der Waals surface area contributed by atoms with Crippen LogP contribution in [0.1, 0.15) is 41.7 Å². The fourth-order valence-corrected chi connectivity index (χ4v) is 6.59. The molecule has 0 N–H and O–H groups in total. The highest BCUT2D eigenvalue weighted by Crippen LogP contribution is 2.37. The van der Waals surface area contributed by atoms with E-state index in [0.717, 1.165) is 51.3 Å². The minimum absolute atomic E-state index is 0.167. The lowest BCUT2D eigenvalue weighted by Gasteiger charge is -2.42. The lowest BCUT2D eigenvalue weighted by Crippen LogP contribution is -2.52.